The maximum atomic E-state index is 4.85. The normalized spacial score (nSPS) is 12.9. The summed E-state index contributed by atoms with van der Waals surface area (Å²) in [6.07, 6.45) is 6.40. The molecular formula is C20H25N5S. The average Bonchev–Trinajstić information content (AvgIpc) is 3.25. The highest BCUT2D eigenvalue weighted by Crippen LogP contribution is 2.40. The molecule has 2 heterocycles. The second-order valence-corrected chi connectivity index (χ2v) is 8.00. The summed E-state index contributed by atoms with van der Waals surface area (Å²) < 4.78 is 2.06. The molecule has 136 valence electrons. The number of aryl methyl sites for hydroxylation is 2. The molecule has 26 heavy (non-hydrogen) atoms. The molecule has 0 saturated heterocycles. The Hall–Kier alpha value is -2.18. The molecule has 6 heteroatoms. The van der Waals surface area contributed by atoms with Crippen molar-refractivity contribution in [3.63, 3.8) is 0 Å². The number of hydrogen-bond acceptors (Lipinski definition) is 5. The van der Waals surface area contributed by atoms with Crippen LogP contribution in [-0.4, -0.2) is 46.8 Å². The van der Waals surface area contributed by atoms with E-state index in [0.717, 1.165) is 43.2 Å². The average molecular weight is 368 g/mol. The van der Waals surface area contributed by atoms with Crippen molar-refractivity contribution in [3.8, 4) is 16.3 Å². The molecule has 0 amide bonds. The Morgan fingerprint density at radius 1 is 1.15 bits per heavy atom. The smallest absolute Gasteiger partial charge is 0.183 e. The maximum Gasteiger partial charge on any atom is 0.183 e. The van der Waals surface area contributed by atoms with Gasteiger partial charge in [0, 0.05) is 6.54 Å². The summed E-state index contributed by atoms with van der Waals surface area (Å²) in [5.41, 5.74) is 4.85. The van der Waals surface area contributed by atoms with E-state index in [-0.39, 0.29) is 0 Å². The summed E-state index contributed by atoms with van der Waals surface area (Å²) in [4.78, 5) is 8.35. The van der Waals surface area contributed by atoms with Gasteiger partial charge in [-0.05, 0) is 64.0 Å². The van der Waals surface area contributed by atoms with Crippen molar-refractivity contribution in [3.05, 3.63) is 47.8 Å². The minimum atomic E-state index is 0.977. The molecule has 0 bridgehead atoms. The molecule has 4 rings (SSSR count). The topological polar surface area (TPSA) is 46.0 Å². The number of unbranched alkanes of at least 4 members (excludes halogenated alkanes) is 1. The highest BCUT2D eigenvalue weighted by atomic mass is 32.1. The lowest BCUT2D eigenvalue weighted by atomic mass is 10.0. The largest absolute Gasteiger partial charge is 0.361 e. The molecular weight excluding hydrogens is 342 g/mol. The second kappa shape index (κ2) is 7.60. The molecule has 0 saturated carbocycles. The van der Waals surface area contributed by atoms with Crippen LogP contribution in [0.2, 0.25) is 0 Å². The number of anilines is 1. The summed E-state index contributed by atoms with van der Waals surface area (Å²) in [5.74, 6) is 0. The number of fused-ring (bicyclic) bond motifs is 3. The predicted molar refractivity (Wildman–Crippen MR) is 108 cm³/mol. The van der Waals surface area contributed by atoms with Gasteiger partial charge in [-0.2, -0.15) is 5.10 Å². The minimum absolute atomic E-state index is 0.977. The van der Waals surface area contributed by atoms with Gasteiger partial charge in [0.05, 0.1) is 28.1 Å². The number of nitrogens with zero attached hydrogens (tertiary/aromatic N) is 4. The number of hydrogen-bond donors (Lipinski definition) is 1. The Balaban J connectivity index is 1.53. The molecule has 0 unspecified atom stereocenters. The maximum absolute atomic E-state index is 4.85. The fourth-order valence-corrected chi connectivity index (χ4v) is 4.46. The fourth-order valence-electron chi connectivity index (χ4n) is 3.36. The number of aromatic nitrogens is 3. The number of thiazole rings is 1. The van der Waals surface area contributed by atoms with Crippen molar-refractivity contribution in [2.45, 2.75) is 25.7 Å². The van der Waals surface area contributed by atoms with Crippen LogP contribution < -0.4 is 5.32 Å². The quantitative estimate of drug-likeness (QED) is 0.645. The fraction of sp³-hybridized carbons (Fsp3) is 0.400. The zero-order valence-electron chi connectivity index (χ0n) is 15.4. The molecule has 0 spiro atoms. The first-order valence-electron chi connectivity index (χ1n) is 9.23. The van der Waals surface area contributed by atoms with E-state index in [1.165, 1.54) is 28.2 Å². The molecule has 0 aliphatic heterocycles. The lowest BCUT2D eigenvalue weighted by Gasteiger charge is -2.13. The van der Waals surface area contributed by atoms with E-state index >= 15 is 0 Å². The van der Waals surface area contributed by atoms with Crippen LogP contribution in [0, 0.1) is 0 Å². The van der Waals surface area contributed by atoms with Crippen LogP contribution in [0.25, 0.3) is 16.3 Å². The monoisotopic (exact) mass is 367 g/mol. The molecule has 5 nitrogen and oxygen atoms in total. The van der Waals surface area contributed by atoms with Crippen molar-refractivity contribution >= 4 is 16.5 Å². The van der Waals surface area contributed by atoms with Gasteiger partial charge in [-0.15, -0.1) is 0 Å². The van der Waals surface area contributed by atoms with Gasteiger partial charge in [0.2, 0.25) is 0 Å². The molecule has 2 aromatic heterocycles. The van der Waals surface area contributed by atoms with Gasteiger partial charge < -0.3 is 10.2 Å². The first-order valence-corrected chi connectivity index (χ1v) is 10.0. The molecule has 1 N–H and O–H groups in total. The number of rotatable bonds is 7. The van der Waals surface area contributed by atoms with Crippen molar-refractivity contribution in [1.29, 1.82) is 0 Å². The van der Waals surface area contributed by atoms with Gasteiger partial charge in [-0.1, -0.05) is 29.5 Å². The van der Waals surface area contributed by atoms with Crippen molar-refractivity contribution in [1.82, 2.24) is 19.7 Å². The summed E-state index contributed by atoms with van der Waals surface area (Å²) >= 11 is 1.76. The van der Waals surface area contributed by atoms with Crippen LogP contribution in [0.15, 0.2) is 36.5 Å². The van der Waals surface area contributed by atoms with Gasteiger partial charge in [0.25, 0.3) is 0 Å². The van der Waals surface area contributed by atoms with E-state index in [1.807, 2.05) is 12.3 Å². The lowest BCUT2D eigenvalue weighted by Crippen LogP contribution is -2.14. The van der Waals surface area contributed by atoms with E-state index in [2.05, 4.69) is 58.4 Å². The Morgan fingerprint density at radius 3 is 2.81 bits per heavy atom. The third-order valence-electron chi connectivity index (χ3n) is 4.70. The highest BCUT2D eigenvalue weighted by Gasteiger charge is 2.25. The van der Waals surface area contributed by atoms with Crippen molar-refractivity contribution < 1.29 is 0 Å². The number of nitrogens with one attached hydrogen (secondary N) is 1. The molecule has 3 aromatic rings. The van der Waals surface area contributed by atoms with Crippen LogP contribution >= 0.6 is 11.3 Å². The van der Waals surface area contributed by atoms with Gasteiger partial charge in [-0.25, -0.2) is 9.67 Å². The van der Waals surface area contributed by atoms with E-state index in [0.29, 0.717) is 0 Å². The Labute approximate surface area is 158 Å². The molecule has 0 fully saturated rings. The van der Waals surface area contributed by atoms with E-state index in [1.54, 1.807) is 11.3 Å². The lowest BCUT2D eigenvalue weighted by molar-refractivity contribution is 0.396. The standard InChI is InChI=1S/C20H25N5S/c1-24(2)13-7-6-12-21-20-23-17-11-10-15-14-22-25(18(15)19(17)26-20)16-8-4-3-5-9-16/h3-5,8-9,14H,6-7,10-13H2,1-2H3,(H,21,23). The summed E-state index contributed by atoms with van der Waals surface area (Å²) in [6.45, 7) is 2.11. The summed E-state index contributed by atoms with van der Waals surface area (Å²) in [6, 6.07) is 10.4. The third kappa shape index (κ3) is 3.52. The van der Waals surface area contributed by atoms with E-state index < -0.39 is 0 Å². The molecule has 1 aliphatic carbocycles. The van der Waals surface area contributed by atoms with Crippen LogP contribution in [0.1, 0.15) is 24.1 Å². The third-order valence-corrected chi connectivity index (χ3v) is 5.76. The van der Waals surface area contributed by atoms with Crippen molar-refractivity contribution in [2.75, 3.05) is 32.5 Å². The zero-order chi connectivity index (χ0) is 17.9. The van der Waals surface area contributed by atoms with Gasteiger partial charge in [-0.3, -0.25) is 0 Å². The van der Waals surface area contributed by atoms with E-state index in [9.17, 15) is 0 Å². The first kappa shape index (κ1) is 17.2. The Bertz CT molecular complexity index is 866. The number of para-hydroxylation sites is 1. The van der Waals surface area contributed by atoms with Crippen LogP contribution in [0.4, 0.5) is 5.13 Å². The van der Waals surface area contributed by atoms with Crippen molar-refractivity contribution in [2.24, 2.45) is 0 Å². The Kier molecular flexibility index (Phi) is 5.04. The van der Waals surface area contributed by atoms with Gasteiger partial charge in [0.1, 0.15) is 0 Å². The Morgan fingerprint density at radius 2 is 2.00 bits per heavy atom. The molecule has 1 aliphatic rings. The van der Waals surface area contributed by atoms with E-state index in [4.69, 9.17) is 4.98 Å². The van der Waals surface area contributed by atoms with Crippen LogP contribution in [-0.2, 0) is 12.8 Å². The first-order chi connectivity index (χ1) is 12.7. The number of benzene rings is 1. The second-order valence-electron chi connectivity index (χ2n) is 7.00. The summed E-state index contributed by atoms with van der Waals surface area (Å²) in [5, 5.41) is 9.20. The van der Waals surface area contributed by atoms with Crippen LogP contribution in [0.5, 0.6) is 0 Å². The zero-order valence-corrected chi connectivity index (χ0v) is 16.2. The predicted octanol–water partition coefficient (Wildman–Crippen LogP) is 3.85. The summed E-state index contributed by atoms with van der Waals surface area (Å²) in [7, 11) is 4.24. The highest BCUT2D eigenvalue weighted by molar-refractivity contribution is 7.19. The SMILES string of the molecule is CN(C)CCCCNc1nc2c(s1)-c1c(cnn1-c1ccccc1)CC2. The minimum Gasteiger partial charge on any atom is -0.361 e. The van der Waals surface area contributed by atoms with Gasteiger partial charge >= 0.3 is 0 Å². The molecule has 0 atom stereocenters. The van der Waals surface area contributed by atoms with Crippen LogP contribution in [0.3, 0.4) is 0 Å². The molecule has 1 aromatic carbocycles. The van der Waals surface area contributed by atoms with Gasteiger partial charge in [0.15, 0.2) is 5.13 Å². The molecule has 0 radical (unpaired) electrons.